The highest BCUT2D eigenvalue weighted by Gasteiger charge is 2.15. The van der Waals surface area contributed by atoms with E-state index in [1.165, 1.54) is 12.8 Å². The van der Waals surface area contributed by atoms with Crippen LogP contribution in [-0.4, -0.2) is 47.2 Å². The van der Waals surface area contributed by atoms with Crippen molar-refractivity contribution in [1.82, 2.24) is 20.4 Å². The Morgan fingerprint density at radius 1 is 1.35 bits per heavy atom. The minimum Gasteiger partial charge on any atom is -0.357 e. The summed E-state index contributed by atoms with van der Waals surface area (Å²) in [6.45, 7) is 7.91. The predicted octanol–water partition coefficient (Wildman–Crippen LogP) is 1.85. The first kappa shape index (κ1) is 17.2. The Morgan fingerprint density at radius 3 is 2.70 bits per heavy atom. The normalized spacial score (nSPS) is 15.3. The molecule has 0 amide bonds. The second-order valence-electron chi connectivity index (χ2n) is 4.64. The predicted molar refractivity (Wildman–Crippen MR) is 89.6 cm³/mol. The average molecular weight is 393 g/mol. The molecule has 0 aromatic carbocycles. The van der Waals surface area contributed by atoms with E-state index in [0.29, 0.717) is 12.4 Å². The molecule has 1 N–H and O–H groups in total. The van der Waals surface area contributed by atoms with Gasteiger partial charge in [-0.2, -0.15) is 4.98 Å². The number of hydrogen-bond donors (Lipinski definition) is 1. The van der Waals surface area contributed by atoms with Gasteiger partial charge in [0.05, 0.1) is 0 Å². The van der Waals surface area contributed by atoms with Gasteiger partial charge in [0, 0.05) is 39.0 Å². The van der Waals surface area contributed by atoms with Crippen LogP contribution in [0.5, 0.6) is 0 Å². The van der Waals surface area contributed by atoms with E-state index in [2.05, 4.69) is 32.3 Å². The van der Waals surface area contributed by atoms with Crippen molar-refractivity contribution < 1.29 is 4.52 Å². The molecule has 1 aromatic heterocycles. The molecule has 1 aliphatic rings. The second kappa shape index (κ2) is 9.15. The molecule has 0 radical (unpaired) electrons. The summed E-state index contributed by atoms with van der Waals surface area (Å²) in [5.74, 6) is 2.46. The molecule has 1 aromatic rings. The van der Waals surface area contributed by atoms with Crippen molar-refractivity contribution in [3.8, 4) is 0 Å². The molecule has 114 valence electrons. The molecule has 1 aliphatic heterocycles. The fraction of sp³-hybridized carbons (Fsp3) is 0.769. The Balaban J connectivity index is 0.00000200. The topological polar surface area (TPSA) is 66.5 Å². The van der Waals surface area contributed by atoms with Crippen molar-refractivity contribution in [2.45, 2.75) is 39.5 Å². The summed E-state index contributed by atoms with van der Waals surface area (Å²) in [6, 6.07) is 0. The van der Waals surface area contributed by atoms with Gasteiger partial charge in [0.25, 0.3) is 0 Å². The van der Waals surface area contributed by atoms with Crippen LogP contribution in [0.25, 0.3) is 0 Å². The first-order chi connectivity index (χ1) is 9.33. The first-order valence-corrected chi connectivity index (χ1v) is 7.18. The molecule has 2 rings (SSSR count). The Kier molecular flexibility index (Phi) is 7.86. The number of aryl methyl sites for hydroxylation is 1. The molecule has 20 heavy (non-hydrogen) atoms. The van der Waals surface area contributed by atoms with E-state index in [-0.39, 0.29) is 24.0 Å². The first-order valence-electron chi connectivity index (χ1n) is 7.18. The lowest BCUT2D eigenvalue weighted by Gasteiger charge is -2.20. The fourth-order valence-electron chi connectivity index (χ4n) is 2.15. The van der Waals surface area contributed by atoms with Gasteiger partial charge in [-0.3, -0.25) is 4.99 Å². The van der Waals surface area contributed by atoms with E-state index in [1.54, 1.807) is 0 Å². The zero-order chi connectivity index (χ0) is 13.5. The van der Waals surface area contributed by atoms with Gasteiger partial charge in [-0.1, -0.05) is 12.1 Å². The molecule has 0 bridgehead atoms. The van der Waals surface area contributed by atoms with E-state index >= 15 is 0 Å². The van der Waals surface area contributed by atoms with E-state index in [0.717, 1.165) is 44.3 Å². The number of halogens is 1. The number of aliphatic imine (C=N–C) groups is 1. The number of rotatable bonds is 5. The molecule has 7 heteroatoms. The lowest BCUT2D eigenvalue weighted by molar-refractivity contribution is 0.376. The third-order valence-electron chi connectivity index (χ3n) is 3.15. The highest BCUT2D eigenvalue weighted by atomic mass is 127. The highest BCUT2D eigenvalue weighted by molar-refractivity contribution is 14.0. The van der Waals surface area contributed by atoms with E-state index in [4.69, 9.17) is 4.52 Å². The number of nitrogens with zero attached hydrogens (tertiary/aromatic N) is 4. The number of aromatic nitrogens is 2. The molecule has 2 heterocycles. The van der Waals surface area contributed by atoms with Crippen molar-refractivity contribution in [3.63, 3.8) is 0 Å². The zero-order valence-corrected chi connectivity index (χ0v) is 14.6. The minimum atomic E-state index is 0. The summed E-state index contributed by atoms with van der Waals surface area (Å²) in [4.78, 5) is 11.2. The van der Waals surface area contributed by atoms with Crippen LogP contribution >= 0.6 is 24.0 Å². The summed E-state index contributed by atoms with van der Waals surface area (Å²) in [7, 11) is 0. The number of nitrogens with one attached hydrogen (secondary N) is 1. The monoisotopic (exact) mass is 393 g/mol. The molecule has 0 saturated carbocycles. The lowest BCUT2D eigenvalue weighted by atomic mass is 10.4. The summed E-state index contributed by atoms with van der Waals surface area (Å²) in [5.41, 5.74) is 0. The number of hydrogen-bond acceptors (Lipinski definition) is 4. The summed E-state index contributed by atoms with van der Waals surface area (Å²) >= 11 is 0. The maximum atomic E-state index is 5.08. The van der Waals surface area contributed by atoms with E-state index in [1.807, 2.05) is 6.92 Å². The van der Waals surface area contributed by atoms with Crippen LogP contribution in [0.4, 0.5) is 0 Å². The Bertz CT molecular complexity index is 415. The molecule has 0 atom stereocenters. The Labute approximate surface area is 137 Å². The third-order valence-corrected chi connectivity index (χ3v) is 3.15. The second-order valence-corrected chi connectivity index (χ2v) is 4.64. The smallest absolute Gasteiger partial charge is 0.226 e. The largest absolute Gasteiger partial charge is 0.357 e. The van der Waals surface area contributed by atoms with Crippen LogP contribution < -0.4 is 5.32 Å². The van der Waals surface area contributed by atoms with Gasteiger partial charge in [-0.25, -0.2) is 0 Å². The molecule has 0 unspecified atom stereocenters. The molecular formula is C13H24IN5O. The zero-order valence-electron chi connectivity index (χ0n) is 12.3. The van der Waals surface area contributed by atoms with Gasteiger partial charge in [-0.15, -0.1) is 24.0 Å². The molecule has 0 spiro atoms. The van der Waals surface area contributed by atoms with Crippen molar-refractivity contribution >= 4 is 29.9 Å². The standard InChI is InChI=1S/C13H23N5O.HI/c1-3-12-16-11(17-19-12)7-8-15-13(14-4-2)18-9-5-6-10-18;/h3-10H2,1-2H3,(H,14,15);1H. The van der Waals surface area contributed by atoms with Gasteiger partial charge in [0.2, 0.25) is 5.89 Å². The van der Waals surface area contributed by atoms with Crippen molar-refractivity contribution in [2.75, 3.05) is 26.2 Å². The van der Waals surface area contributed by atoms with Crippen LogP contribution in [0, 0.1) is 0 Å². The molecule has 0 aliphatic carbocycles. The Hall–Kier alpha value is -0.860. The van der Waals surface area contributed by atoms with Crippen molar-refractivity contribution in [1.29, 1.82) is 0 Å². The maximum Gasteiger partial charge on any atom is 0.226 e. The molecule has 1 saturated heterocycles. The molecule has 6 nitrogen and oxygen atoms in total. The Morgan fingerprint density at radius 2 is 2.10 bits per heavy atom. The van der Waals surface area contributed by atoms with Crippen LogP contribution in [0.15, 0.2) is 9.52 Å². The van der Waals surface area contributed by atoms with Crippen LogP contribution in [0.1, 0.15) is 38.4 Å². The van der Waals surface area contributed by atoms with Crippen LogP contribution in [-0.2, 0) is 12.8 Å². The lowest BCUT2D eigenvalue weighted by Crippen LogP contribution is -2.39. The van der Waals surface area contributed by atoms with Gasteiger partial charge < -0.3 is 14.7 Å². The van der Waals surface area contributed by atoms with E-state index < -0.39 is 0 Å². The van der Waals surface area contributed by atoms with Crippen LogP contribution in [0.2, 0.25) is 0 Å². The van der Waals surface area contributed by atoms with Crippen LogP contribution in [0.3, 0.4) is 0 Å². The fourth-order valence-corrected chi connectivity index (χ4v) is 2.15. The SMILES string of the molecule is CCNC(=NCCc1noc(CC)n1)N1CCCC1.I. The minimum absolute atomic E-state index is 0. The van der Waals surface area contributed by atoms with Gasteiger partial charge >= 0.3 is 0 Å². The van der Waals surface area contributed by atoms with Crippen molar-refractivity contribution in [2.24, 2.45) is 4.99 Å². The van der Waals surface area contributed by atoms with Gasteiger partial charge in [0.15, 0.2) is 11.8 Å². The number of guanidine groups is 1. The molecule has 1 fully saturated rings. The quantitative estimate of drug-likeness (QED) is 0.470. The summed E-state index contributed by atoms with van der Waals surface area (Å²) in [6.07, 6.45) is 4.03. The molecular weight excluding hydrogens is 369 g/mol. The third kappa shape index (κ3) is 4.92. The summed E-state index contributed by atoms with van der Waals surface area (Å²) in [5, 5.41) is 7.28. The van der Waals surface area contributed by atoms with Crippen molar-refractivity contribution in [3.05, 3.63) is 11.7 Å². The highest BCUT2D eigenvalue weighted by Crippen LogP contribution is 2.07. The average Bonchev–Trinajstić information content (AvgIpc) is 3.09. The maximum absolute atomic E-state index is 5.08. The van der Waals surface area contributed by atoms with Gasteiger partial charge in [-0.05, 0) is 19.8 Å². The number of likely N-dealkylation sites (tertiary alicyclic amines) is 1. The van der Waals surface area contributed by atoms with E-state index in [9.17, 15) is 0 Å². The summed E-state index contributed by atoms with van der Waals surface area (Å²) < 4.78 is 5.08. The van der Waals surface area contributed by atoms with Gasteiger partial charge in [0.1, 0.15) is 0 Å².